The van der Waals surface area contributed by atoms with E-state index in [4.69, 9.17) is 4.52 Å². The molecule has 1 aromatic heterocycles. The highest BCUT2D eigenvalue weighted by Crippen LogP contribution is 2.57. The quantitative estimate of drug-likeness (QED) is 0.584. The van der Waals surface area contributed by atoms with Crippen LogP contribution in [0.1, 0.15) is 31.2 Å². The van der Waals surface area contributed by atoms with Gasteiger partial charge < -0.3 is 14.5 Å². The number of hydrogen-bond donors (Lipinski definition) is 1. The number of rotatable bonds is 8. The van der Waals surface area contributed by atoms with Gasteiger partial charge in [-0.2, -0.15) is 0 Å². The van der Waals surface area contributed by atoms with Crippen molar-refractivity contribution in [3.63, 3.8) is 0 Å². The average molecular weight is 348 g/mol. The van der Waals surface area contributed by atoms with Gasteiger partial charge in [0, 0.05) is 43.0 Å². The largest absolute Gasteiger partial charge is 0.378 e. The molecule has 0 aliphatic rings. The second-order valence-electron chi connectivity index (χ2n) is 5.85. The average Bonchev–Trinajstić information content (AvgIpc) is 2.62. The van der Waals surface area contributed by atoms with Crippen molar-refractivity contribution < 1.29 is 14.2 Å². The Hall–Kier alpha value is -1.68. The van der Waals surface area contributed by atoms with Crippen LogP contribution in [0.2, 0.25) is 0 Å². The van der Waals surface area contributed by atoms with Gasteiger partial charge in [-0.15, -0.1) is 0 Å². The second kappa shape index (κ2) is 8.43. The van der Waals surface area contributed by atoms with Crippen LogP contribution in [0.3, 0.4) is 0 Å². The summed E-state index contributed by atoms with van der Waals surface area (Å²) >= 11 is 0. The fourth-order valence-corrected chi connectivity index (χ4v) is 4.40. The maximum atomic E-state index is 13.6. The number of pyridine rings is 1. The van der Waals surface area contributed by atoms with Crippen molar-refractivity contribution in [2.75, 3.05) is 25.6 Å². The number of nitrogens with zero attached hydrogens (tertiary/aromatic N) is 2. The highest BCUT2D eigenvalue weighted by molar-refractivity contribution is 7.67. The molecule has 0 spiro atoms. The van der Waals surface area contributed by atoms with E-state index in [2.05, 4.69) is 4.98 Å². The fourth-order valence-electron chi connectivity index (χ4n) is 2.31. The minimum atomic E-state index is -3.47. The summed E-state index contributed by atoms with van der Waals surface area (Å²) in [6.07, 6.45) is 4.86. The first-order valence-electron chi connectivity index (χ1n) is 8.09. The molecule has 1 N–H and O–H groups in total. The molecular weight excluding hydrogens is 323 g/mol. The number of aromatic nitrogens is 1. The smallest absolute Gasteiger partial charge is 0.264 e. The SMILES string of the molecule is CCCCO[P@@](=O)(c1ccc(N(C)C)cc1)[C@@H](O)c1cccnc1. The van der Waals surface area contributed by atoms with Gasteiger partial charge in [0.15, 0.2) is 5.85 Å². The Kier molecular flexibility index (Phi) is 6.55. The Labute approximate surface area is 143 Å². The van der Waals surface area contributed by atoms with Crippen LogP contribution >= 0.6 is 7.37 Å². The van der Waals surface area contributed by atoms with E-state index in [-0.39, 0.29) is 0 Å². The first kappa shape index (κ1) is 18.7. The Morgan fingerprint density at radius 1 is 1.25 bits per heavy atom. The molecule has 0 aliphatic carbocycles. The molecule has 1 aromatic carbocycles. The molecule has 24 heavy (non-hydrogen) atoms. The summed E-state index contributed by atoms with van der Waals surface area (Å²) in [6, 6.07) is 10.7. The zero-order valence-corrected chi connectivity index (χ0v) is 15.3. The van der Waals surface area contributed by atoms with Gasteiger partial charge in [-0.05, 0) is 36.8 Å². The van der Waals surface area contributed by atoms with E-state index < -0.39 is 13.2 Å². The molecule has 0 aliphatic heterocycles. The molecule has 6 heteroatoms. The molecule has 1 heterocycles. The van der Waals surface area contributed by atoms with Crippen LogP contribution in [-0.2, 0) is 9.09 Å². The number of benzene rings is 1. The molecule has 130 valence electrons. The highest BCUT2D eigenvalue weighted by Gasteiger charge is 2.36. The van der Waals surface area contributed by atoms with Crippen LogP contribution < -0.4 is 10.2 Å². The second-order valence-corrected chi connectivity index (χ2v) is 8.31. The van der Waals surface area contributed by atoms with E-state index in [0.717, 1.165) is 18.5 Å². The Bertz CT molecular complexity index is 674. The Morgan fingerprint density at radius 3 is 2.50 bits per heavy atom. The molecular formula is C18H25N2O3P. The number of hydrogen-bond acceptors (Lipinski definition) is 5. The highest BCUT2D eigenvalue weighted by atomic mass is 31.2. The van der Waals surface area contributed by atoms with Crippen LogP contribution in [0.25, 0.3) is 0 Å². The van der Waals surface area contributed by atoms with E-state index in [0.29, 0.717) is 17.5 Å². The van der Waals surface area contributed by atoms with Gasteiger partial charge >= 0.3 is 0 Å². The molecule has 0 unspecified atom stereocenters. The van der Waals surface area contributed by atoms with Crippen molar-refractivity contribution in [2.45, 2.75) is 25.6 Å². The number of anilines is 1. The molecule has 0 bridgehead atoms. The van der Waals surface area contributed by atoms with Gasteiger partial charge in [0.2, 0.25) is 0 Å². The van der Waals surface area contributed by atoms with Crippen LogP contribution in [0.4, 0.5) is 5.69 Å². The van der Waals surface area contributed by atoms with Crippen molar-refractivity contribution in [2.24, 2.45) is 0 Å². The van der Waals surface area contributed by atoms with Gasteiger partial charge in [-0.1, -0.05) is 19.4 Å². The molecule has 0 saturated heterocycles. The van der Waals surface area contributed by atoms with Gasteiger partial charge in [0.25, 0.3) is 7.37 Å². The van der Waals surface area contributed by atoms with Crippen LogP contribution in [0.5, 0.6) is 0 Å². The third-order valence-electron chi connectivity index (χ3n) is 3.81. The van der Waals surface area contributed by atoms with Crippen molar-refractivity contribution in [3.05, 3.63) is 54.4 Å². The first-order chi connectivity index (χ1) is 11.5. The zero-order valence-electron chi connectivity index (χ0n) is 14.4. The third kappa shape index (κ3) is 4.23. The minimum Gasteiger partial charge on any atom is -0.378 e. The normalized spacial score (nSPS) is 14.8. The van der Waals surface area contributed by atoms with Crippen molar-refractivity contribution >= 4 is 18.4 Å². The lowest BCUT2D eigenvalue weighted by Crippen LogP contribution is -2.16. The molecule has 2 aromatic rings. The van der Waals surface area contributed by atoms with Crippen LogP contribution in [0, 0.1) is 0 Å². The predicted octanol–water partition coefficient (Wildman–Crippen LogP) is 3.56. The van der Waals surface area contributed by atoms with Gasteiger partial charge in [-0.25, -0.2) is 0 Å². The summed E-state index contributed by atoms with van der Waals surface area (Å²) in [5.41, 5.74) is 1.49. The lowest BCUT2D eigenvalue weighted by molar-refractivity contribution is 0.212. The van der Waals surface area contributed by atoms with E-state index in [1.54, 1.807) is 30.5 Å². The van der Waals surface area contributed by atoms with Crippen molar-refractivity contribution in [3.8, 4) is 0 Å². The van der Waals surface area contributed by atoms with E-state index >= 15 is 0 Å². The molecule has 5 nitrogen and oxygen atoms in total. The molecule has 0 amide bonds. The lowest BCUT2D eigenvalue weighted by atomic mass is 10.3. The Morgan fingerprint density at radius 2 is 1.96 bits per heavy atom. The molecule has 2 atom stereocenters. The van der Waals surface area contributed by atoms with Crippen LogP contribution in [-0.4, -0.2) is 30.8 Å². The van der Waals surface area contributed by atoms with Gasteiger partial charge in [-0.3, -0.25) is 9.55 Å². The third-order valence-corrected chi connectivity index (χ3v) is 6.34. The van der Waals surface area contributed by atoms with Crippen LogP contribution in [0.15, 0.2) is 48.8 Å². The molecule has 0 fully saturated rings. The number of aliphatic hydroxyl groups is 1. The summed E-state index contributed by atoms with van der Waals surface area (Å²) in [5.74, 6) is -1.23. The number of unbranched alkanes of at least 4 members (excludes halogenated alkanes) is 1. The lowest BCUT2D eigenvalue weighted by Gasteiger charge is -2.25. The van der Waals surface area contributed by atoms with E-state index in [1.165, 1.54) is 6.20 Å². The summed E-state index contributed by atoms with van der Waals surface area (Å²) in [4.78, 5) is 5.97. The maximum Gasteiger partial charge on any atom is 0.264 e. The van der Waals surface area contributed by atoms with Crippen molar-refractivity contribution in [1.82, 2.24) is 4.98 Å². The summed E-state index contributed by atoms with van der Waals surface area (Å²) in [6.45, 7) is 2.39. The standard InChI is InChI=1S/C18H25N2O3P/c1-4-5-13-23-24(22,18(21)15-7-6-12-19-14-15)17-10-8-16(9-11-17)20(2)3/h6-12,14,18,21H,4-5,13H2,1-3H3/t18-,24+/m1/s1. The fraction of sp³-hybridized carbons (Fsp3) is 0.389. The van der Waals surface area contributed by atoms with E-state index in [9.17, 15) is 9.67 Å². The Balaban J connectivity index is 2.37. The first-order valence-corrected chi connectivity index (χ1v) is 9.78. The topological polar surface area (TPSA) is 62.7 Å². The molecule has 2 rings (SSSR count). The van der Waals surface area contributed by atoms with Crippen molar-refractivity contribution in [1.29, 1.82) is 0 Å². The monoisotopic (exact) mass is 348 g/mol. The summed E-state index contributed by atoms with van der Waals surface area (Å²) in [7, 11) is 0.415. The zero-order chi connectivity index (χ0) is 17.6. The molecule has 0 radical (unpaired) electrons. The van der Waals surface area contributed by atoms with Gasteiger partial charge in [0.05, 0.1) is 6.61 Å². The minimum absolute atomic E-state index is 0.348. The maximum absolute atomic E-state index is 13.6. The summed E-state index contributed by atoms with van der Waals surface area (Å²) < 4.78 is 19.3. The molecule has 0 saturated carbocycles. The van der Waals surface area contributed by atoms with Gasteiger partial charge in [0.1, 0.15) is 0 Å². The number of aliphatic hydroxyl groups excluding tert-OH is 1. The predicted molar refractivity (Wildman–Crippen MR) is 98.1 cm³/mol. The van der Waals surface area contributed by atoms with E-state index in [1.807, 2.05) is 38.1 Å². The summed E-state index contributed by atoms with van der Waals surface area (Å²) in [5, 5.41) is 11.2.